The number of aryl methyl sites for hydroxylation is 1. The van der Waals surface area contributed by atoms with Crippen LogP contribution in [0.4, 0.5) is 10.1 Å². The van der Waals surface area contributed by atoms with E-state index in [1.165, 1.54) is 23.9 Å². The summed E-state index contributed by atoms with van der Waals surface area (Å²) in [7, 11) is 0. The van der Waals surface area contributed by atoms with Crippen molar-refractivity contribution in [2.45, 2.75) is 25.0 Å². The maximum atomic E-state index is 13.2. The Morgan fingerprint density at radius 3 is 2.68 bits per heavy atom. The van der Waals surface area contributed by atoms with Crippen LogP contribution in [0.15, 0.2) is 66.3 Å². The molecule has 3 rings (SSSR count). The molecule has 0 unspecified atom stereocenters. The summed E-state index contributed by atoms with van der Waals surface area (Å²) in [5.41, 5.74) is 2.67. The predicted octanol–water partition coefficient (Wildman–Crippen LogP) is 4.56. The van der Waals surface area contributed by atoms with Gasteiger partial charge in [0.05, 0.1) is 5.75 Å². The molecule has 0 aliphatic heterocycles. The van der Waals surface area contributed by atoms with E-state index in [0.717, 1.165) is 23.2 Å². The van der Waals surface area contributed by atoms with E-state index >= 15 is 0 Å². The number of para-hydroxylation sites is 1. The van der Waals surface area contributed by atoms with Crippen LogP contribution in [0, 0.1) is 5.82 Å². The molecule has 0 saturated heterocycles. The standard InChI is InChI=1S/C21H21FN4OS/c1-3-13-26-20(16-9-11-17(22)12-10-16)24-25-21(26)28-14-19(27)23-18-8-6-5-7-15(18)4-2/h3,5-12H,1,4,13-14H2,2H3,(H,23,27). The second kappa shape index (κ2) is 9.32. The molecule has 1 heterocycles. The Hall–Kier alpha value is -2.93. The molecule has 7 heteroatoms. The van der Waals surface area contributed by atoms with Crippen molar-refractivity contribution in [1.29, 1.82) is 0 Å². The van der Waals surface area contributed by atoms with Gasteiger partial charge in [0.25, 0.3) is 0 Å². The number of benzene rings is 2. The van der Waals surface area contributed by atoms with E-state index in [2.05, 4.69) is 29.0 Å². The van der Waals surface area contributed by atoms with Crippen LogP contribution in [-0.2, 0) is 17.8 Å². The van der Waals surface area contributed by atoms with Crippen molar-refractivity contribution in [2.24, 2.45) is 0 Å². The van der Waals surface area contributed by atoms with Crippen molar-refractivity contribution in [1.82, 2.24) is 14.8 Å². The summed E-state index contributed by atoms with van der Waals surface area (Å²) in [6.07, 6.45) is 2.58. The van der Waals surface area contributed by atoms with Crippen molar-refractivity contribution in [3.8, 4) is 11.4 Å². The van der Waals surface area contributed by atoms with Gasteiger partial charge in [-0.3, -0.25) is 9.36 Å². The highest BCUT2D eigenvalue weighted by Gasteiger charge is 2.15. The lowest BCUT2D eigenvalue weighted by Gasteiger charge is -2.10. The van der Waals surface area contributed by atoms with Gasteiger partial charge in [0.15, 0.2) is 11.0 Å². The predicted molar refractivity (Wildman–Crippen MR) is 111 cm³/mol. The normalized spacial score (nSPS) is 10.6. The summed E-state index contributed by atoms with van der Waals surface area (Å²) < 4.78 is 15.1. The van der Waals surface area contributed by atoms with Crippen LogP contribution in [0.5, 0.6) is 0 Å². The molecule has 144 valence electrons. The summed E-state index contributed by atoms with van der Waals surface area (Å²) >= 11 is 1.30. The van der Waals surface area contributed by atoms with Crippen LogP contribution in [0.2, 0.25) is 0 Å². The molecule has 0 fully saturated rings. The third kappa shape index (κ3) is 4.67. The minimum absolute atomic E-state index is 0.109. The monoisotopic (exact) mass is 396 g/mol. The quantitative estimate of drug-likeness (QED) is 0.448. The lowest BCUT2D eigenvalue weighted by molar-refractivity contribution is -0.113. The molecular weight excluding hydrogens is 375 g/mol. The minimum Gasteiger partial charge on any atom is -0.325 e. The van der Waals surface area contributed by atoms with Crippen molar-refractivity contribution < 1.29 is 9.18 Å². The van der Waals surface area contributed by atoms with Gasteiger partial charge in [0.1, 0.15) is 5.82 Å². The number of nitrogens with zero attached hydrogens (tertiary/aromatic N) is 3. The zero-order valence-corrected chi connectivity index (χ0v) is 16.4. The smallest absolute Gasteiger partial charge is 0.234 e. The molecule has 0 aliphatic rings. The van der Waals surface area contributed by atoms with Crippen LogP contribution in [0.25, 0.3) is 11.4 Å². The van der Waals surface area contributed by atoms with Gasteiger partial charge >= 0.3 is 0 Å². The lowest BCUT2D eigenvalue weighted by atomic mass is 10.1. The number of nitrogens with one attached hydrogen (secondary N) is 1. The van der Waals surface area contributed by atoms with E-state index in [1.807, 2.05) is 28.8 Å². The number of rotatable bonds is 8. The van der Waals surface area contributed by atoms with Gasteiger partial charge in [-0.25, -0.2) is 4.39 Å². The lowest BCUT2D eigenvalue weighted by Crippen LogP contribution is -2.15. The zero-order chi connectivity index (χ0) is 19.9. The van der Waals surface area contributed by atoms with Crippen molar-refractivity contribution in [3.63, 3.8) is 0 Å². The molecule has 0 aliphatic carbocycles. The van der Waals surface area contributed by atoms with Crippen LogP contribution in [-0.4, -0.2) is 26.4 Å². The zero-order valence-electron chi connectivity index (χ0n) is 15.6. The highest BCUT2D eigenvalue weighted by Crippen LogP contribution is 2.25. The van der Waals surface area contributed by atoms with E-state index in [0.29, 0.717) is 17.5 Å². The first kappa shape index (κ1) is 19.8. The van der Waals surface area contributed by atoms with E-state index in [9.17, 15) is 9.18 Å². The van der Waals surface area contributed by atoms with E-state index < -0.39 is 0 Å². The van der Waals surface area contributed by atoms with Gasteiger partial charge in [0.2, 0.25) is 5.91 Å². The average Bonchev–Trinajstić information content (AvgIpc) is 3.10. The topological polar surface area (TPSA) is 59.8 Å². The number of carbonyl (C=O) groups excluding carboxylic acids is 1. The second-order valence-electron chi connectivity index (χ2n) is 6.06. The summed E-state index contributed by atoms with van der Waals surface area (Å²) in [5, 5.41) is 12.0. The Bertz CT molecular complexity index is 969. The molecule has 0 radical (unpaired) electrons. The Balaban J connectivity index is 1.72. The highest BCUT2D eigenvalue weighted by atomic mass is 32.2. The van der Waals surface area contributed by atoms with Crippen LogP contribution >= 0.6 is 11.8 Å². The molecule has 1 amide bonds. The maximum absolute atomic E-state index is 13.2. The number of halogens is 1. The number of carbonyl (C=O) groups is 1. The summed E-state index contributed by atoms with van der Waals surface area (Å²) in [6, 6.07) is 13.8. The fourth-order valence-corrected chi connectivity index (χ4v) is 3.52. The summed E-state index contributed by atoms with van der Waals surface area (Å²) in [4.78, 5) is 12.4. The highest BCUT2D eigenvalue weighted by molar-refractivity contribution is 7.99. The van der Waals surface area contributed by atoms with E-state index in [1.54, 1.807) is 18.2 Å². The average molecular weight is 396 g/mol. The molecule has 5 nitrogen and oxygen atoms in total. The summed E-state index contributed by atoms with van der Waals surface area (Å²) in [5.74, 6) is 0.398. The fourth-order valence-electron chi connectivity index (χ4n) is 2.77. The van der Waals surface area contributed by atoms with Crippen molar-refractivity contribution in [2.75, 3.05) is 11.1 Å². The number of hydrogen-bond donors (Lipinski definition) is 1. The van der Waals surface area contributed by atoms with Crippen molar-refractivity contribution in [3.05, 3.63) is 72.6 Å². The first-order valence-electron chi connectivity index (χ1n) is 8.93. The molecule has 1 aromatic heterocycles. The molecule has 28 heavy (non-hydrogen) atoms. The summed E-state index contributed by atoms with van der Waals surface area (Å²) in [6.45, 7) is 6.31. The third-order valence-corrected chi connectivity index (χ3v) is 5.10. The molecule has 0 saturated carbocycles. The Kier molecular flexibility index (Phi) is 6.60. The minimum atomic E-state index is -0.308. The van der Waals surface area contributed by atoms with Crippen LogP contribution in [0.3, 0.4) is 0 Å². The number of anilines is 1. The maximum Gasteiger partial charge on any atom is 0.234 e. The number of thioether (sulfide) groups is 1. The largest absolute Gasteiger partial charge is 0.325 e. The van der Waals surface area contributed by atoms with E-state index in [-0.39, 0.29) is 17.5 Å². The van der Waals surface area contributed by atoms with Gasteiger partial charge in [-0.1, -0.05) is 43.0 Å². The molecule has 0 spiro atoms. The fraction of sp³-hybridized carbons (Fsp3) is 0.190. The molecular formula is C21H21FN4OS. The molecule has 0 atom stereocenters. The van der Waals surface area contributed by atoms with Gasteiger partial charge in [-0.15, -0.1) is 16.8 Å². The van der Waals surface area contributed by atoms with Crippen LogP contribution < -0.4 is 5.32 Å². The number of hydrogen-bond acceptors (Lipinski definition) is 4. The number of allylic oxidation sites excluding steroid dienone is 1. The first-order chi connectivity index (χ1) is 13.6. The Morgan fingerprint density at radius 2 is 1.96 bits per heavy atom. The first-order valence-corrected chi connectivity index (χ1v) is 9.91. The molecule has 2 aromatic carbocycles. The van der Waals surface area contributed by atoms with Gasteiger partial charge < -0.3 is 5.32 Å². The van der Waals surface area contributed by atoms with E-state index in [4.69, 9.17) is 0 Å². The molecule has 0 bridgehead atoms. The third-order valence-electron chi connectivity index (χ3n) is 4.14. The number of amides is 1. The van der Waals surface area contributed by atoms with Gasteiger partial charge in [0, 0.05) is 17.8 Å². The Labute approximate surface area is 167 Å². The van der Waals surface area contributed by atoms with Gasteiger partial charge in [-0.05, 0) is 42.3 Å². The molecule has 1 N–H and O–H groups in total. The second-order valence-corrected chi connectivity index (χ2v) is 7.00. The molecule has 3 aromatic rings. The Morgan fingerprint density at radius 1 is 1.21 bits per heavy atom. The van der Waals surface area contributed by atoms with Gasteiger partial charge in [-0.2, -0.15) is 0 Å². The number of aromatic nitrogens is 3. The van der Waals surface area contributed by atoms with Crippen molar-refractivity contribution >= 4 is 23.4 Å². The van der Waals surface area contributed by atoms with Crippen LogP contribution in [0.1, 0.15) is 12.5 Å². The SMILES string of the molecule is C=CCn1c(SCC(=O)Nc2ccccc2CC)nnc1-c1ccc(F)cc1.